The lowest BCUT2D eigenvalue weighted by molar-refractivity contribution is 0.298. The first-order valence-corrected chi connectivity index (χ1v) is 13.7. The van der Waals surface area contributed by atoms with E-state index in [0.717, 1.165) is 30.7 Å². The summed E-state index contributed by atoms with van der Waals surface area (Å²) in [6.45, 7) is 6.10. The molecule has 0 bridgehead atoms. The van der Waals surface area contributed by atoms with Crippen molar-refractivity contribution in [2.24, 2.45) is 22.0 Å². The predicted octanol–water partition coefficient (Wildman–Crippen LogP) is 9.19. The zero-order chi connectivity index (χ0) is 23.8. The minimum Gasteiger partial charge on any atom is -0.158 e. The van der Waals surface area contributed by atoms with E-state index in [1.165, 1.54) is 81.0 Å². The maximum absolute atomic E-state index is 4.79. The third kappa shape index (κ3) is 9.05. The molecular weight excluding hydrogens is 412 g/mol. The Kier molecular flexibility index (Phi) is 11.9. The van der Waals surface area contributed by atoms with Crippen LogP contribution in [0.5, 0.6) is 0 Å². The Morgan fingerprint density at radius 2 is 1.62 bits per heavy atom. The van der Waals surface area contributed by atoms with Crippen LogP contribution in [0.15, 0.2) is 77.5 Å². The Balaban J connectivity index is 1.58. The van der Waals surface area contributed by atoms with E-state index in [1.54, 1.807) is 0 Å². The first-order chi connectivity index (χ1) is 16.8. The number of allylic oxidation sites excluding steroid dienone is 1. The molecule has 0 unspecified atom stereocenters. The van der Waals surface area contributed by atoms with Crippen LogP contribution >= 0.6 is 0 Å². The van der Waals surface area contributed by atoms with Gasteiger partial charge >= 0.3 is 0 Å². The molecule has 0 amide bonds. The van der Waals surface area contributed by atoms with Gasteiger partial charge in [0.2, 0.25) is 0 Å². The van der Waals surface area contributed by atoms with Crippen LogP contribution in [-0.2, 0) is 6.42 Å². The van der Waals surface area contributed by atoms with Crippen molar-refractivity contribution in [3.63, 3.8) is 0 Å². The minimum absolute atomic E-state index is 0.517. The van der Waals surface area contributed by atoms with Crippen LogP contribution in [0.1, 0.15) is 101 Å². The van der Waals surface area contributed by atoms with E-state index in [1.807, 2.05) is 12.3 Å². The normalized spacial score (nSPS) is 18.9. The highest BCUT2D eigenvalue weighted by Gasteiger charge is 2.25. The molecule has 182 valence electrons. The SMILES string of the molecule is C=CCCCc1ccc(C=NN=C(c2ccccc2)C2CCC(CCCCCCC)CC2)cc1. The van der Waals surface area contributed by atoms with Crippen LogP contribution in [0, 0.1) is 11.8 Å². The summed E-state index contributed by atoms with van der Waals surface area (Å²) >= 11 is 0. The molecule has 2 heteroatoms. The number of hydrogen-bond acceptors (Lipinski definition) is 2. The third-order valence-electron chi connectivity index (χ3n) is 7.24. The average molecular weight is 457 g/mol. The fourth-order valence-corrected chi connectivity index (χ4v) is 5.12. The van der Waals surface area contributed by atoms with E-state index in [4.69, 9.17) is 5.10 Å². The van der Waals surface area contributed by atoms with Crippen molar-refractivity contribution < 1.29 is 0 Å². The summed E-state index contributed by atoms with van der Waals surface area (Å²) in [6, 6.07) is 19.4. The number of nitrogens with zero attached hydrogens (tertiary/aromatic N) is 2. The van der Waals surface area contributed by atoms with Crippen LogP contribution in [-0.4, -0.2) is 11.9 Å². The summed E-state index contributed by atoms with van der Waals surface area (Å²) < 4.78 is 0. The zero-order valence-corrected chi connectivity index (χ0v) is 21.3. The molecule has 0 aromatic heterocycles. The monoisotopic (exact) mass is 456 g/mol. The fraction of sp³-hybridized carbons (Fsp3) is 0.500. The van der Waals surface area contributed by atoms with Gasteiger partial charge in [0, 0.05) is 5.92 Å². The molecule has 1 fully saturated rings. The summed E-state index contributed by atoms with van der Waals surface area (Å²) in [5.74, 6) is 1.42. The number of hydrogen-bond donors (Lipinski definition) is 0. The second-order valence-corrected chi connectivity index (χ2v) is 9.94. The van der Waals surface area contributed by atoms with E-state index >= 15 is 0 Å². The van der Waals surface area contributed by atoms with Crippen molar-refractivity contribution in [2.75, 3.05) is 0 Å². The van der Waals surface area contributed by atoms with Crippen LogP contribution < -0.4 is 0 Å². The standard InChI is InChI=1S/C32H44N2/c1-3-5-7-8-11-15-28-22-24-31(25-23-28)32(30-16-12-9-13-17-30)34-33-26-29-20-18-27(19-21-29)14-10-6-4-2/h4,9,12-13,16-21,26,28,31H,2-3,5-8,10-11,14-15,22-25H2,1H3. The topological polar surface area (TPSA) is 24.7 Å². The molecule has 0 atom stereocenters. The highest BCUT2D eigenvalue weighted by Crippen LogP contribution is 2.34. The molecule has 3 rings (SSSR count). The van der Waals surface area contributed by atoms with Crippen molar-refractivity contribution in [2.45, 2.75) is 90.4 Å². The van der Waals surface area contributed by atoms with E-state index in [0.29, 0.717) is 5.92 Å². The lowest BCUT2D eigenvalue weighted by atomic mass is 9.76. The van der Waals surface area contributed by atoms with Gasteiger partial charge in [0.05, 0.1) is 11.9 Å². The van der Waals surface area contributed by atoms with Gasteiger partial charge in [0.1, 0.15) is 0 Å². The molecule has 0 N–H and O–H groups in total. The number of benzene rings is 2. The Hall–Kier alpha value is -2.48. The summed E-state index contributed by atoms with van der Waals surface area (Å²) in [5, 5.41) is 9.34. The first kappa shape index (κ1) is 26.1. The summed E-state index contributed by atoms with van der Waals surface area (Å²) in [5.41, 5.74) is 4.87. The predicted molar refractivity (Wildman–Crippen MR) is 149 cm³/mol. The van der Waals surface area contributed by atoms with Gasteiger partial charge < -0.3 is 0 Å². The molecule has 2 aromatic carbocycles. The molecule has 0 aliphatic heterocycles. The van der Waals surface area contributed by atoms with Crippen molar-refractivity contribution in [1.29, 1.82) is 0 Å². The van der Waals surface area contributed by atoms with Gasteiger partial charge in [-0.15, -0.1) is 6.58 Å². The van der Waals surface area contributed by atoms with Crippen molar-refractivity contribution in [3.8, 4) is 0 Å². The highest BCUT2D eigenvalue weighted by molar-refractivity contribution is 6.02. The number of aryl methyl sites for hydroxylation is 1. The maximum Gasteiger partial charge on any atom is 0.0733 e. The van der Waals surface area contributed by atoms with Crippen LogP contribution in [0.4, 0.5) is 0 Å². The molecule has 34 heavy (non-hydrogen) atoms. The second kappa shape index (κ2) is 15.4. The average Bonchev–Trinajstić information content (AvgIpc) is 2.89. The number of unbranched alkanes of at least 4 members (excludes halogenated alkanes) is 5. The largest absolute Gasteiger partial charge is 0.158 e. The van der Waals surface area contributed by atoms with Crippen LogP contribution in [0.2, 0.25) is 0 Å². The molecule has 1 saturated carbocycles. The van der Waals surface area contributed by atoms with Gasteiger partial charge in [0.15, 0.2) is 0 Å². The van der Waals surface area contributed by atoms with Gasteiger partial charge in [-0.25, -0.2) is 0 Å². The Morgan fingerprint density at radius 3 is 2.32 bits per heavy atom. The Morgan fingerprint density at radius 1 is 0.882 bits per heavy atom. The summed E-state index contributed by atoms with van der Waals surface area (Å²) in [7, 11) is 0. The molecular formula is C32H44N2. The van der Waals surface area contributed by atoms with Crippen LogP contribution in [0.3, 0.4) is 0 Å². The van der Waals surface area contributed by atoms with Crippen molar-refractivity contribution >= 4 is 11.9 Å². The van der Waals surface area contributed by atoms with Gasteiger partial charge in [-0.3, -0.25) is 0 Å². The van der Waals surface area contributed by atoms with E-state index in [9.17, 15) is 0 Å². The van der Waals surface area contributed by atoms with E-state index in [2.05, 4.69) is 73.2 Å². The van der Waals surface area contributed by atoms with Crippen molar-refractivity contribution in [1.82, 2.24) is 0 Å². The molecule has 1 aliphatic carbocycles. The smallest absolute Gasteiger partial charge is 0.0733 e. The second-order valence-electron chi connectivity index (χ2n) is 9.94. The van der Waals surface area contributed by atoms with Crippen LogP contribution in [0.25, 0.3) is 0 Å². The Labute approximate surface area is 208 Å². The maximum atomic E-state index is 4.79. The lowest BCUT2D eigenvalue weighted by Crippen LogP contribution is -2.22. The Bertz CT molecular complexity index is 871. The highest BCUT2D eigenvalue weighted by atomic mass is 15.2. The molecule has 1 aliphatic rings. The lowest BCUT2D eigenvalue weighted by Gasteiger charge is -2.29. The molecule has 0 saturated heterocycles. The molecule has 0 heterocycles. The summed E-state index contributed by atoms with van der Waals surface area (Å²) in [6.07, 6.45) is 20.7. The van der Waals surface area contributed by atoms with Gasteiger partial charge in [-0.05, 0) is 67.6 Å². The zero-order valence-electron chi connectivity index (χ0n) is 21.3. The van der Waals surface area contributed by atoms with Gasteiger partial charge in [-0.2, -0.15) is 10.2 Å². The van der Waals surface area contributed by atoms with E-state index in [-0.39, 0.29) is 0 Å². The third-order valence-corrected chi connectivity index (χ3v) is 7.24. The van der Waals surface area contributed by atoms with Gasteiger partial charge in [-0.1, -0.05) is 106 Å². The molecule has 0 spiro atoms. The summed E-state index contributed by atoms with van der Waals surface area (Å²) in [4.78, 5) is 0. The minimum atomic E-state index is 0.517. The molecule has 2 nitrogen and oxygen atoms in total. The van der Waals surface area contributed by atoms with Gasteiger partial charge in [0.25, 0.3) is 0 Å². The van der Waals surface area contributed by atoms with E-state index < -0.39 is 0 Å². The van der Waals surface area contributed by atoms with Crippen molar-refractivity contribution in [3.05, 3.63) is 83.9 Å². The molecule has 0 radical (unpaired) electrons. The fourth-order valence-electron chi connectivity index (χ4n) is 5.12. The number of rotatable bonds is 14. The quantitative estimate of drug-likeness (QED) is 0.117. The first-order valence-electron chi connectivity index (χ1n) is 13.7. The molecule has 2 aromatic rings.